The van der Waals surface area contributed by atoms with Crippen molar-refractivity contribution in [3.05, 3.63) is 41.3 Å². The van der Waals surface area contributed by atoms with Gasteiger partial charge in [-0.15, -0.1) is 0 Å². The Morgan fingerprint density at radius 2 is 1.72 bits per heavy atom. The van der Waals surface area contributed by atoms with Crippen LogP contribution < -0.4 is 10.2 Å². The maximum absolute atomic E-state index is 12.5. The highest BCUT2D eigenvalue weighted by Crippen LogP contribution is 2.11. The van der Waals surface area contributed by atoms with Crippen molar-refractivity contribution >= 4 is 27.9 Å². The molecule has 0 bridgehead atoms. The molecule has 29 heavy (non-hydrogen) atoms. The zero-order valence-electron chi connectivity index (χ0n) is 17.3. The van der Waals surface area contributed by atoms with Crippen LogP contribution in [0, 0.1) is 0 Å². The van der Waals surface area contributed by atoms with Gasteiger partial charge in [-0.05, 0) is 25.5 Å². The maximum atomic E-state index is 12.5. The molecule has 8 nitrogen and oxygen atoms in total. The third-order valence-electron chi connectivity index (χ3n) is 4.55. The summed E-state index contributed by atoms with van der Waals surface area (Å²) in [4.78, 5) is 26.7. The van der Waals surface area contributed by atoms with Crippen LogP contribution in [-0.4, -0.2) is 81.8 Å². The molecule has 1 unspecified atom stereocenters. The van der Waals surface area contributed by atoms with E-state index in [4.69, 9.17) is 0 Å². The average Bonchev–Trinajstić information content (AvgIpc) is 2.66. The lowest BCUT2D eigenvalue weighted by molar-refractivity contribution is -0.863. The number of carbonyl (C=O) groups excluding carboxylic acids is 2. The molecule has 1 aromatic rings. The Morgan fingerprint density at radius 1 is 1.10 bits per heavy atom. The molecule has 1 aliphatic heterocycles. The van der Waals surface area contributed by atoms with E-state index < -0.39 is 10.0 Å². The van der Waals surface area contributed by atoms with Crippen molar-refractivity contribution in [1.82, 2.24) is 14.5 Å². The summed E-state index contributed by atoms with van der Waals surface area (Å²) in [6, 6.07) is 9.31. The number of hydrogen-bond donors (Lipinski definition) is 2. The Bertz CT molecular complexity index is 816. The predicted octanol–water partition coefficient (Wildman–Crippen LogP) is -0.829. The van der Waals surface area contributed by atoms with E-state index in [1.54, 1.807) is 18.0 Å². The monoisotopic (exact) mass is 423 g/mol. The minimum Gasteiger partial charge on any atom is -0.349 e. The molecule has 1 heterocycles. The van der Waals surface area contributed by atoms with Crippen molar-refractivity contribution in [2.75, 3.05) is 46.3 Å². The minimum absolute atomic E-state index is 0.0666. The number of carbonyl (C=O) groups is 2. The van der Waals surface area contributed by atoms with Gasteiger partial charge in [-0.3, -0.25) is 9.59 Å². The fourth-order valence-electron chi connectivity index (χ4n) is 3.09. The first-order chi connectivity index (χ1) is 13.7. The summed E-state index contributed by atoms with van der Waals surface area (Å²) >= 11 is 0. The minimum atomic E-state index is -3.52. The highest BCUT2D eigenvalue weighted by Gasteiger charge is 2.28. The number of likely N-dealkylation sites (N-methyl/N-ethyl adjacent to an activating group) is 1. The number of nitrogens with zero attached hydrogens (tertiary/aromatic N) is 2. The molecular formula is C20H31N4O4S+. The van der Waals surface area contributed by atoms with Crippen LogP contribution in [0.15, 0.2) is 35.7 Å². The van der Waals surface area contributed by atoms with Gasteiger partial charge >= 0.3 is 0 Å². The van der Waals surface area contributed by atoms with E-state index in [2.05, 4.69) is 5.32 Å². The van der Waals surface area contributed by atoms with Crippen LogP contribution in [0.2, 0.25) is 0 Å². The van der Waals surface area contributed by atoms with Crippen molar-refractivity contribution in [2.24, 2.45) is 0 Å². The molecule has 1 fully saturated rings. The number of hydrogen-bond acceptors (Lipinski definition) is 4. The van der Waals surface area contributed by atoms with Gasteiger partial charge in [0.15, 0.2) is 13.1 Å². The molecule has 2 N–H and O–H groups in total. The van der Waals surface area contributed by atoms with Crippen molar-refractivity contribution in [3.8, 4) is 0 Å². The Balaban J connectivity index is 1.82. The van der Waals surface area contributed by atoms with Crippen LogP contribution in [-0.2, 0) is 19.6 Å². The maximum Gasteiger partial charge on any atom is 0.277 e. The molecule has 160 valence electrons. The molecule has 0 radical (unpaired) electrons. The number of benzene rings is 1. The van der Waals surface area contributed by atoms with Gasteiger partial charge in [0.25, 0.3) is 11.8 Å². The second-order valence-corrected chi connectivity index (χ2v) is 9.39. The Labute approximate surface area is 173 Å². The lowest BCUT2D eigenvalue weighted by Gasteiger charge is -2.33. The van der Waals surface area contributed by atoms with E-state index in [9.17, 15) is 18.0 Å². The molecule has 0 saturated carbocycles. The number of piperazine rings is 1. The van der Waals surface area contributed by atoms with E-state index in [-0.39, 0.29) is 44.0 Å². The summed E-state index contributed by atoms with van der Waals surface area (Å²) in [6.07, 6.45) is 1.58. The smallest absolute Gasteiger partial charge is 0.277 e. The molecule has 2 amide bonds. The molecule has 0 aliphatic carbocycles. The number of quaternary nitrogens is 1. The number of sulfonamides is 1. The largest absolute Gasteiger partial charge is 0.349 e. The van der Waals surface area contributed by atoms with E-state index >= 15 is 0 Å². The zero-order chi connectivity index (χ0) is 21.4. The van der Waals surface area contributed by atoms with Gasteiger partial charge in [-0.2, -0.15) is 4.31 Å². The van der Waals surface area contributed by atoms with Crippen LogP contribution in [0.5, 0.6) is 0 Å². The highest BCUT2D eigenvalue weighted by atomic mass is 32.2. The second-order valence-electron chi connectivity index (χ2n) is 7.57. The van der Waals surface area contributed by atoms with E-state index in [1.807, 2.05) is 44.2 Å². The van der Waals surface area contributed by atoms with Crippen molar-refractivity contribution in [1.29, 1.82) is 0 Å². The van der Waals surface area contributed by atoms with Gasteiger partial charge in [0.1, 0.15) is 0 Å². The molecular weight excluding hydrogens is 392 g/mol. The standard InChI is InChI=1S/C20H30N4O4S/c1-17(2)21-19(25)15-22(3)16-20(26)23-10-12-24(13-11-23)29(27,28)14-9-18-7-5-4-6-8-18/h4-9,14,17H,10-13,15-16H2,1-3H3,(H,21,25)/p+1/b14-9+. The van der Waals surface area contributed by atoms with Crippen molar-refractivity contribution in [3.63, 3.8) is 0 Å². The lowest BCUT2D eigenvalue weighted by Crippen LogP contribution is -3.11. The summed E-state index contributed by atoms with van der Waals surface area (Å²) in [7, 11) is -1.73. The topological polar surface area (TPSA) is 91.2 Å². The summed E-state index contributed by atoms with van der Waals surface area (Å²) in [5.41, 5.74) is 0.817. The molecule has 1 atom stereocenters. The van der Waals surface area contributed by atoms with Gasteiger partial charge < -0.3 is 15.1 Å². The molecule has 1 aliphatic rings. The van der Waals surface area contributed by atoms with Gasteiger partial charge in [0.2, 0.25) is 10.0 Å². The van der Waals surface area contributed by atoms with Crippen molar-refractivity contribution in [2.45, 2.75) is 19.9 Å². The summed E-state index contributed by atoms with van der Waals surface area (Å²) in [5, 5.41) is 4.02. The summed E-state index contributed by atoms with van der Waals surface area (Å²) < 4.78 is 26.4. The number of amides is 2. The number of nitrogens with one attached hydrogen (secondary N) is 2. The lowest BCUT2D eigenvalue weighted by atomic mass is 10.2. The molecule has 0 aromatic heterocycles. The van der Waals surface area contributed by atoms with Crippen LogP contribution in [0.25, 0.3) is 6.08 Å². The third kappa shape index (κ3) is 7.60. The molecule has 2 rings (SSSR count). The quantitative estimate of drug-likeness (QED) is 0.571. The first-order valence-corrected chi connectivity index (χ1v) is 11.3. The van der Waals surface area contributed by atoms with Gasteiger partial charge in [0.05, 0.1) is 7.05 Å². The van der Waals surface area contributed by atoms with Crippen LogP contribution in [0.4, 0.5) is 0 Å². The molecule has 1 saturated heterocycles. The zero-order valence-corrected chi connectivity index (χ0v) is 18.1. The summed E-state index contributed by atoms with van der Waals surface area (Å²) in [5.74, 6) is -0.164. The molecule has 1 aromatic carbocycles. The molecule has 9 heteroatoms. The fourth-order valence-corrected chi connectivity index (χ4v) is 4.26. The normalized spacial score (nSPS) is 16.9. The van der Waals surface area contributed by atoms with Gasteiger partial charge in [-0.25, -0.2) is 8.42 Å². The Hall–Kier alpha value is -2.23. The first kappa shape index (κ1) is 23.1. The van der Waals surface area contributed by atoms with Gasteiger partial charge in [-0.1, -0.05) is 30.3 Å². The molecule has 0 spiro atoms. The van der Waals surface area contributed by atoms with Crippen LogP contribution >= 0.6 is 0 Å². The van der Waals surface area contributed by atoms with E-state index in [1.165, 1.54) is 9.71 Å². The Kier molecular flexibility index (Phi) is 8.36. The van der Waals surface area contributed by atoms with Crippen LogP contribution in [0.1, 0.15) is 19.4 Å². The third-order valence-corrected chi connectivity index (χ3v) is 6.11. The first-order valence-electron chi connectivity index (χ1n) is 9.79. The predicted molar refractivity (Wildman–Crippen MR) is 112 cm³/mol. The SMILES string of the molecule is CC(C)NC(=O)C[NH+](C)CC(=O)N1CCN(S(=O)(=O)/C=C/c2ccccc2)CC1. The van der Waals surface area contributed by atoms with Crippen molar-refractivity contribution < 1.29 is 22.9 Å². The Morgan fingerprint density at radius 3 is 2.31 bits per heavy atom. The van der Waals surface area contributed by atoms with E-state index in [0.717, 1.165) is 10.5 Å². The summed E-state index contributed by atoms with van der Waals surface area (Å²) in [6.45, 7) is 5.43. The van der Waals surface area contributed by atoms with Gasteiger partial charge in [0, 0.05) is 37.6 Å². The number of rotatable bonds is 8. The average molecular weight is 424 g/mol. The van der Waals surface area contributed by atoms with Crippen LogP contribution in [0.3, 0.4) is 0 Å². The highest BCUT2D eigenvalue weighted by molar-refractivity contribution is 7.92. The second kappa shape index (κ2) is 10.5. The van der Waals surface area contributed by atoms with E-state index in [0.29, 0.717) is 13.1 Å². The fraction of sp³-hybridized carbons (Fsp3) is 0.500.